The number of nitrogens with zero attached hydrogens (tertiary/aromatic N) is 2. The standard InChI is InChI=1S/C18H23N3O2S/c1-14(15-8-6-7-11-19-15)21(12-13-22-2)18(24)20-16-9-4-5-10-17(16)23-3/h4-11,14H,12-13H2,1-3H3,(H,20,24)/t14-/m1/s1. The minimum absolute atomic E-state index is 0.0241. The van der Waals surface area contributed by atoms with Crippen LogP contribution in [0.4, 0.5) is 5.69 Å². The van der Waals surface area contributed by atoms with Crippen LogP contribution in [0.25, 0.3) is 0 Å². The lowest BCUT2D eigenvalue weighted by atomic mass is 10.2. The molecule has 0 aliphatic carbocycles. The lowest BCUT2D eigenvalue weighted by Gasteiger charge is -2.31. The zero-order chi connectivity index (χ0) is 17.4. The minimum atomic E-state index is 0.0241. The molecule has 0 aliphatic rings. The lowest BCUT2D eigenvalue weighted by Crippen LogP contribution is -2.39. The lowest BCUT2D eigenvalue weighted by molar-refractivity contribution is 0.164. The van der Waals surface area contributed by atoms with Crippen molar-refractivity contribution in [2.75, 3.05) is 32.7 Å². The van der Waals surface area contributed by atoms with Gasteiger partial charge in [-0.25, -0.2) is 0 Å². The molecule has 6 heteroatoms. The summed E-state index contributed by atoms with van der Waals surface area (Å²) in [5.41, 5.74) is 1.79. The van der Waals surface area contributed by atoms with Gasteiger partial charge >= 0.3 is 0 Å². The molecule has 0 bridgehead atoms. The van der Waals surface area contributed by atoms with Gasteiger partial charge in [-0.05, 0) is 43.4 Å². The van der Waals surface area contributed by atoms with Crippen LogP contribution in [-0.4, -0.2) is 42.4 Å². The molecule has 24 heavy (non-hydrogen) atoms. The molecule has 1 aromatic carbocycles. The Morgan fingerprint density at radius 3 is 2.62 bits per heavy atom. The van der Waals surface area contributed by atoms with E-state index >= 15 is 0 Å². The zero-order valence-electron chi connectivity index (χ0n) is 14.2. The average Bonchev–Trinajstić information content (AvgIpc) is 2.63. The monoisotopic (exact) mass is 345 g/mol. The van der Waals surface area contributed by atoms with Gasteiger partial charge in [-0.1, -0.05) is 18.2 Å². The van der Waals surface area contributed by atoms with E-state index in [0.717, 1.165) is 17.1 Å². The van der Waals surface area contributed by atoms with Gasteiger partial charge in [0.15, 0.2) is 5.11 Å². The Labute approximate surface area is 148 Å². The van der Waals surface area contributed by atoms with Gasteiger partial charge in [0.05, 0.1) is 31.1 Å². The van der Waals surface area contributed by atoms with Crippen molar-refractivity contribution in [3.05, 3.63) is 54.4 Å². The second-order valence-corrected chi connectivity index (χ2v) is 5.63. The van der Waals surface area contributed by atoms with E-state index < -0.39 is 0 Å². The Hall–Kier alpha value is -2.18. The van der Waals surface area contributed by atoms with E-state index in [9.17, 15) is 0 Å². The Balaban J connectivity index is 2.18. The molecule has 0 fully saturated rings. The maximum Gasteiger partial charge on any atom is 0.174 e. The number of hydrogen-bond acceptors (Lipinski definition) is 4. The summed E-state index contributed by atoms with van der Waals surface area (Å²) >= 11 is 5.63. The molecule has 0 aliphatic heterocycles. The number of nitrogens with one attached hydrogen (secondary N) is 1. The van der Waals surface area contributed by atoms with Gasteiger partial charge < -0.3 is 19.7 Å². The third kappa shape index (κ3) is 4.66. The normalized spacial score (nSPS) is 11.6. The Morgan fingerprint density at radius 1 is 1.21 bits per heavy atom. The number of thiocarbonyl (C=S) groups is 1. The Kier molecular flexibility index (Phi) is 6.96. The average molecular weight is 345 g/mol. The van der Waals surface area contributed by atoms with Gasteiger partial charge in [-0.2, -0.15) is 0 Å². The summed E-state index contributed by atoms with van der Waals surface area (Å²) in [4.78, 5) is 6.50. The molecule has 0 saturated heterocycles. The number of benzene rings is 1. The van der Waals surface area contributed by atoms with E-state index in [1.165, 1.54) is 0 Å². The maximum atomic E-state index is 5.63. The maximum absolute atomic E-state index is 5.63. The third-order valence-corrected chi connectivity index (χ3v) is 4.07. The summed E-state index contributed by atoms with van der Waals surface area (Å²) in [6.45, 7) is 3.31. The number of ether oxygens (including phenoxy) is 2. The molecule has 1 aromatic heterocycles. The van der Waals surface area contributed by atoms with Crippen LogP contribution < -0.4 is 10.1 Å². The first-order valence-corrected chi connectivity index (χ1v) is 8.18. The van der Waals surface area contributed by atoms with E-state index in [4.69, 9.17) is 21.7 Å². The van der Waals surface area contributed by atoms with Crippen molar-refractivity contribution in [3.8, 4) is 5.75 Å². The van der Waals surface area contributed by atoms with E-state index in [0.29, 0.717) is 18.3 Å². The van der Waals surface area contributed by atoms with E-state index in [2.05, 4.69) is 22.1 Å². The molecule has 1 atom stereocenters. The third-order valence-electron chi connectivity index (χ3n) is 3.73. The predicted molar refractivity (Wildman–Crippen MR) is 100 cm³/mol. The summed E-state index contributed by atoms with van der Waals surface area (Å²) in [6.07, 6.45) is 1.79. The highest BCUT2D eigenvalue weighted by molar-refractivity contribution is 7.80. The second-order valence-electron chi connectivity index (χ2n) is 5.25. The van der Waals surface area contributed by atoms with Gasteiger partial charge in [0.25, 0.3) is 0 Å². The van der Waals surface area contributed by atoms with Crippen LogP contribution in [0.15, 0.2) is 48.7 Å². The fourth-order valence-corrected chi connectivity index (χ4v) is 2.74. The van der Waals surface area contributed by atoms with Crippen molar-refractivity contribution in [1.82, 2.24) is 9.88 Å². The highest BCUT2D eigenvalue weighted by atomic mass is 32.1. The molecule has 0 saturated carbocycles. The second kappa shape index (κ2) is 9.20. The first-order valence-electron chi connectivity index (χ1n) is 7.78. The number of rotatable bonds is 7. The van der Waals surface area contributed by atoms with Crippen molar-refractivity contribution < 1.29 is 9.47 Å². The topological polar surface area (TPSA) is 46.6 Å². The molecule has 0 amide bonds. The van der Waals surface area contributed by atoms with E-state index in [1.807, 2.05) is 42.5 Å². The van der Waals surface area contributed by atoms with Crippen LogP contribution >= 0.6 is 12.2 Å². The highest BCUT2D eigenvalue weighted by Gasteiger charge is 2.20. The fraction of sp³-hybridized carbons (Fsp3) is 0.333. The van der Waals surface area contributed by atoms with Gasteiger partial charge in [-0.3, -0.25) is 4.98 Å². The van der Waals surface area contributed by atoms with Crippen LogP contribution in [0.1, 0.15) is 18.7 Å². The van der Waals surface area contributed by atoms with E-state index in [1.54, 1.807) is 20.4 Å². The molecule has 0 unspecified atom stereocenters. The van der Waals surface area contributed by atoms with Crippen LogP contribution in [0, 0.1) is 0 Å². The first-order chi connectivity index (χ1) is 11.7. The molecular weight excluding hydrogens is 322 g/mol. The van der Waals surface area contributed by atoms with Gasteiger partial charge in [0.2, 0.25) is 0 Å². The summed E-state index contributed by atoms with van der Waals surface area (Å²) in [7, 11) is 3.32. The number of anilines is 1. The van der Waals surface area contributed by atoms with Crippen molar-refractivity contribution in [1.29, 1.82) is 0 Å². The number of pyridine rings is 1. The molecule has 0 spiro atoms. The summed E-state index contributed by atoms with van der Waals surface area (Å²) in [5, 5.41) is 3.88. The Morgan fingerprint density at radius 2 is 1.96 bits per heavy atom. The molecular formula is C18H23N3O2S. The SMILES string of the molecule is COCCN(C(=S)Nc1ccccc1OC)[C@H](C)c1ccccn1. The molecule has 5 nitrogen and oxygen atoms in total. The highest BCUT2D eigenvalue weighted by Crippen LogP contribution is 2.25. The molecule has 2 aromatic rings. The predicted octanol–water partition coefficient (Wildman–Crippen LogP) is 3.50. The Bertz CT molecular complexity index is 652. The van der Waals surface area contributed by atoms with Gasteiger partial charge in [0, 0.05) is 19.9 Å². The van der Waals surface area contributed by atoms with Crippen LogP contribution in [0.5, 0.6) is 5.75 Å². The summed E-state index contributed by atoms with van der Waals surface area (Å²) in [6, 6.07) is 13.6. The molecule has 1 heterocycles. The van der Waals surface area contributed by atoms with Crippen molar-refractivity contribution >= 4 is 23.0 Å². The number of methoxy groups -OCH3 is 2. The zero-order valence-corrected chi connectivity index (χ0v) is 15.0. The number of aromatic nitrogens is 1. The number of para-hydroxylation sites is 2. The van der Waals surface area contributed by atoms with Crippen molar-refractivity contribution in [2.45, 2.75) is 13.0 Å². The van der Waals surface area contributed by atoms with Gasteiger partial charge in [0.1, 0.15) is 5.75 Å². The van der Waals surface area contributed by atoms with Crippen LogP contribution in [0.3, 0.4) is 0 Å². The molecule has 2 rings (SSSR count). The fourth-order valence-electron chi connectivity index (χ4n) is 2.38. The molecule has 0 radical (unpaired) electrons. The van der Waals surface area contributed by atoms with Crippen LogP contribution in [-0.2, 0) is 4.74 Å². The molecule has 1 N–H and O–H groups in total. The summed E-state index contributed by atoms with van der Waals surface area (Å²) < 4.78 is 10.6. The smallest absolute Gasteiger partial charge is 0.174 e. The van der Waals surface area contributed by atoms with Crippen molar-refractivity contribution in [3.63, 3.8) is 0 Å². The van der Waals surface area contributed by atoms with Crippen LogP contribution in [0.2, 0.25) is 0 Å². The summed E-state index contributed by atoms with van der Waals surface area (Å²) in [5.74, 6) is 0.747. The minimum Gasteiger partial charge on any atom is -0.495 e. The first kappa shape index (κ1) is 18.2. The number of hydrogen-bond donors (Lipinski definition) is 1. The molecule has 128 valence electrons. The quantitative estimate of drug-likeness (QED) is 0.775. The van der Waals surface area contributed by atoms with Crippen molar-refractivity contribution in [2.24, 2.45) is 0 Å². The van der Waals surface area contributed by atoms with E-state index in [-0.39, 0.29) is 6.04 Å². The van der Waals surface area contributed by atoms with Gasteiger partial charge in [-0.15, -0.1) is 0 Å². The largest absolute Gasteiger partial charge is 0.495 e.